The number of fused-ring (bicyclic) bond motifs is 1. The van der Waals surface area contributed by atoms with Gasteiger partial charge in [0, 0.05) is 12.5 Å². The Balaban J connectivity index is 1.91. The highest BCUT2D eigenvalue weighted by molar-refractivity contribution is 5.99. The SMILES string of the molecule is O=C1CC(C2CCC2)Oc2cc(F)ccc21. The topological polar surface area (TPSA) is 26.3 Å². The van der Waals surface area contributed by atoms with Crippen LogP contribution in [0, 0.1) is 11.7 Å². The van der Waals surface area contributed by atoms with Crippen LogP contribution in [0.3, 0.4) is 0 Å². The van der Waals surface area contributed by atoms with E-state index in [1.165, 1.54) is 24.6 Å². The average molecular weight is 220 g/mol. The zero-order valence-electron chi connectivity index (χ0n) is 8.91. The lowest BCUT2D eigenvalue weighted by atomic mass is 9.78. The molecule has 0 bridgehead atoms. The van der Waals surface area contributed by atoms with Crippen molar-refractivity contribution in [2.45, 2.75) is 31.8 Å². The molecule has 0 N–H and O–H groups in total. The Kier molecular flexibility index (Phi) is 2.20. The van der Waals surface area contributed by atoms with Crippen molar-refractivity contribution in [3.05, 3.63) is 29.6 Å². The van der Waals surface area contributed by atoms with E-state index >= 15 is 0 Å². The third kappa shape index (κ3) is 1.51. The van der Waals surface area contributed by atoms with E-state index in [0.717, 1.165) is 12.8 Å². The molecule has 1 unspecified atom stereocenters. The number of hydrogen-bond acceptors (Lipinski definition) is 2. The number of Topliss-reactive ketones (excluding diaryl/α,β-unsaturated/α-hetero) is 1. The van der Waals surface area contributed by atoms with Gasteiger partial charge in [-0.3, -0.25) is 4.79 Å². The standard InChI is InChI=1S/C13H13FO2/c14-9-4-5-10-11(15)7-12(8-2-1-3-8)16-13(10)6-9/h4-6,8,12H,1-3,7H2. The van der Waals surface area contributed by atoms with E-state index in [4.69, 9.17) is 4.74 Å². The highest BCUT2D eigenvalue weighted by Crippen LogP contribution is 2.38. The molecule has 1 atom stereocenters. The maximum Gasteiger partial charge on any atom is 0.170 e. The van der Waals surface area contributed by atoms with Gasteiger partial charge in [0.15, 0.2) is 5.78 Å². The summed E-state index contributed by atoms with van der Waals surface area (Å²) in [6, 6.07) is 4.14. The molecular weight excluding hydrogens is 207 g/mol. The molecule has 1 aromatic carbocycles. The third-order valence-electron chi connectivity index (χ3n) is 3.58. The van der Waals surface area contributed by atoms with Crippen LogP contribution in [0.4, 0.5) is 4.39 Å². The Hall–Kier alpha value is -1.38. The molecule has 3 rings (SSSR count). The van der Waals surface area contributed by atoms with Crippen LogP contribution in [0.15, 0.2) is 18.2 Å². The Labute approximate surface area is 93.4 Å². The van der Waals surface area contributed by atoms with Crippen molar-refractivity contribution in [1.82, 2.24) is 0 Å². The van der Waals surface area contributed by atoms with Gasteiger partial charge in [0.25, 0.3) is 0 Å². The van der Waals surface area contributed by atoms with Crippen molar-refractivity contribution in [2.24, 2.45) is 5.92 Å². The zero-order chi connectivity index (χ0) is 11.1. The molecule has 2 nitrogen and oxygen atoms in total. The summed E-state index contributed by atoms with van der Waals surface area (Å²) in [5.74, 6) is 0.646. The first-order valence-electron chi connectivity index (χ1n) is 5.73. The number of ether oxygens (including phenoxy) is 1. The van der Waals surface area contributed by atoms with Crippen molar-refractivity contribution < 1.29 is 13.9 Å². The van der Waals surface area contributed by atoms with Gasteiger partial charge >= 0.3 is 0 Å². The maximum absolute atomic E-state index is 13.1. The number of hydrogen-bond donors (Lipinski definition) is 0. The summed E-state index contributed by atoms with van der Waals surface area (Å²) >= 11 is 0. The second-order valence-electron chi connectivity index (χ2n) is 4.62. The van der Waals surface area contributed by atoms with E-state index in [-0.39, 0.29) is 17.7 Å². The van der Waals surface area contributed by atoms with Crippen molar-refractivity contribution in [3.63, 3.8) is 0 Å². The number of carbonyl (C=O) groups is 1. The average Bonchev–Trinajstić information content (AvgIpc) is 2.13. The van der Waals surface area contributed by atoms with E-state index in [2.05, 4.69) is 0 Å². The predicted octanol–water partition coefficient (Wildman–Crippen LogP) is 2.96. The molecule has 16 heavy (non-hydrogen) atoms. The van der Waals surface area contributed by atoms with Crippen molar-refractivity contribution in [3.8, 4) is 5.75 Å². The lowest BCUT2D eigenvalue weighted by Crippen LogP contribution is -2.37. The molecule has 0 aromatic heterocycles. The first-order valence-corrected chi connectivity index (χ1v) is 5.73. The van der Waals surface area contributed by atoms with E-state index in [0.29, 0.717) is 23.7 Å². The third-order valence-corrected chi connectivity index (χ3v) is 3.58. The molecule has 3 heteroatoms. The zero-order valence-corrected chi connectivity index (χ0v) is 8.91. The summed E-state index contributed by atoms with van der Waals surface area (Å²) in [5.41, 5.74) is 0.525. The molecule has 0 radical (unpaired) electrons. The normalized spacial score (nSPS) is 24.6. The first-order chi connectivity index (χ1) is 7.74. The van der Waals surface area contributed by atoms with Crippen LogP contribution in [0.5, 0.6) is 5.75 Å². The summed E-state index contributed by atoms with van der Waals surface area (Å²) < 4.78 is 18.8. The van der Waals surface area contributed by atoms with Crippen LogP contribution < -0.4 is 4.74 Å². The minimum atomic E-state index is -0.346. The fraction of sp³-hybridized carbons (Fsp3) is 0.462. The predicted molar refractivity (Wildman–Crippen MR) is 57.1 cm³/mol. The van der Waals surface area contributed by atoms with E-state index in [1.54, 1.807) is 0 Å². The Morgan fingerprint density at radius 1 is 1.31 bits per heavy atom. The second-order valence-corrected chi connectivity index (χ2v) is 4.62. The summed E-state index contributed by atoms with van der Waals surface area (Å²) in [5, 5.41) is 0. The molecule has 1 aliphatic carbocycles. The summed E-state index contributed by atoms with van der Waals surface area (Å²) in [7, 11) is 0. The van der Waals surface area contributed by atoms with E-state index < -0.39 is 0 Å². The van der Waals surface area contributed by atoms with Crippen LogP contribution in [0.25, 0.3) is 0 Å². The smallest absolute Gasteiger partial charge is 0.170 e. The highest BCUT2D eigenvalue weighted by atomic mass is 19.1. The maximum atomic E-state index is 13.1. The Bertz CT molecular complexity index is 438. The van der Waals surface area contributed by atoms with Gasteiger partial charge in [-0.25, -0.2) is 4.39 Å². The minimum Gasteiger partial charge on any atom is -0.489 e. The Morgan fingerprint density at radius 2 is 2.12 bits per heavy atom. The molecule has 2 aliphatic rings. The monoisotopic (exact) mass is 220 g/mol. The molecular formula is C13H13FO2. The van der Waals surface area contributed by atoms with Gasteiger partial charge in [0.1, 0.15) is 17.7 Å². The van der Waals surface area contributed by atoms with Crippen molar-refractivity contribution in [1.29, 1.82) is 0 Å². The molecule has 1 heterocycles. The van der Waals surface area contributed by atoms with Crippen LogP contribution in [0.2, 0.25) is 0 Å². The molecule has 84 valence electrons. The van der Waals surface area contributed by atoms with Crippen LogP contribution in [-0.4, -0.2) is 11.9 Å². The fourth-order valence-corrected chi connectivity index (χ4v) is 2.40. The van der Waals surface area contributed by atoms with Gasteiger partial charge in [-0.2, -0.15) is 0 Å². The van der Waals surface area contributed by atoms with E-state index in [1.807, 2.05) is 0 Å². The van der Waals surface area contributed by atoms with Crippen molar-refractivity contribution in [2.75, 3.05) is 0 Å². The Morgan fingerprint density at radius 3 is 2.81 bits per heavy atom. The summed E-state index contributed by atoms with van der Waals surface area (Å²) in [6.07, 6.45) is 3.89. The highest BCUT2D eigenvalue weighted by Gasteiger charge is 2.35. The fourth-order valence-electron chi connectivity index (χ4n) is 2.40. The van der Waals surface area contributed by atoms with Gasteiger partial charge in [0.05, 0.1) is 5.56 Å². The molecule has 0 saturated heterocycles. The molecule has 0 spiro atoms. The molecule has 1 saturated carbocycles. The van der Waals surface area contributed by atoms with Gasteiger partial charge in [-0.05, 0) is 30.9 Å². The number of ketones is 1. The van der Waals surface area contributed by atoms with Gasteiger partial charge < -0.3 is 4.74 Å². The number of benzene rings is 1. The van der Waals surface area contributed by atoms with Crippen LogP contribution in [0.1, 0.15) is 36.0 Å². The molecule has 1 aromatic rings. The molecule has 1 fully saturated rings. The summed E-state index contributed by atoms with van der Waals surface area (Å²) in [4.78, 5) is 11.8. The number of rotatable bonds is 1. The van der Waals surface area contributed by atoms with Gasteiger partial charge in [0.2, 0.25) is 0 Å². The van der Waals surface area contributed by atoms with Crippen LogP contribution >= 0.6 is 0 Å². The minimum absolute atomic E-state index is 0.0319. The summed E-state index contributed by atoms with van der Waals surface area (Å²) in [6.45, 7) is 0. The molecule has 1 aliphatic heterocycles. The second kappa shape index (κ2) is 3.58. The van der Waals surface area contributed by atoms with E-state index in [9.17, 15) is 9.18 Å². The lowest BCUT2D eigenvalue weighted by Gasteiger charge is -2.36. The van der Waals surface area contributed by atoms with Crippen LogP contribution in [-0.2, 0) is 0 Å². The number of carbonyl (C=O) groups excluding carboxylic acids is 1. The van der Waals surface area contributed by atoms with Crippen molar-refractivity contribution >= 4 is 5.78 Å². The largest absolute Gasteiger partial charge is 0.489 e. The van der Waals surface area contributed by atoms with Gasteiger partial charge in [-0.15, -0.1) is 0 Å². The molecule has 0 amide bonds. The lowest BCUT2D eigenvalue weighted by molar-refractivity contribution is 0.0545. The first kappa shape index (κ1) is 9.82. The number of halogens is 1. The van der Waals surface area contributed by atoms with Gasteiger partial charge in [-0.1, -0.05) is 6.42 Å². The quantitative estimate of drug-likeness (QED) is 0.727.